The minimum absolute atomic E-state index is 0.0396. The molecule has 2 fully saturated rings. The van der Waals surface area contributed by atoms with Crippen molar-refractivity contribution in [3.05, 3.63) is 0 Å². The number of aliphatic imine (C=N–C) groups is 1. The molecule has 4 nitrogen and oxygen atoms in total. The molecule has 4 atom stereocenters. The number of amides is 2. The van der Waals surface area contributed by atoms with Gasteiger partial charge in [0.1, 0.15) is 5.84 Å². The van der Waals surface area contributed by atoms with Crippen LogP contribution in [0, 0.1) is 17.8 Å². The standard InChI is InChI=1S/C10H15N3O/c11-9-8(12-10(14)13-9)7-4-5-1-2-6(7)3-5/h5-8H,1-4H2,(H3,11,12,13,14). The molecule has 3 N–H and O–H groups in total. The highest BCUT2D eigenvalue weighted by molar-refractivity contribution is 6.03. The van der Waals surface area contributed by atoms with Crippen molar-refractivity contribution in [2.45, 2.75) is 31.7 Å². The summed E-state index contributed by atoms with van der Waals surface area (Å²) in [6, 6.07) is -0.215. The second-order valence-corrected chi connectivity index (χ2v) is 4.80. The third-order valence-electron chi connectivity index (χ3n) is 4.05. The van der Waals surface area contributed by atoms with Gasteiger partial charge in [-0.25, -0.2) is 4.79 Å². The molecule has 4 unspecified atom stereocenters. The molecule has 0 aromatic rings. The first-order valence-electron chi connectivity index (χ1n) is 5.38. The van der Waals surface area contributed by atoms with E-state index in [-0.39, 0.29) is 12.1 Å². The molecule has 1 heterocycles. The zero-order chi connectivity index (χ0) is 9.71. The van der Waals surface area contributed by atoms with Gasteiger partial charge in [-0.1, -0.05) is 6.42 Å². The summed E-state index contributed by atoms with van der Waals surface area (Å²) in [4.78, 5) is 14.8. The number of nitrogens with one attached hydrogen (secondary N) is 1. The van der Waals surface area contributed by atoms with Crippen LogP contribution in [-0.4, -0.2) is 17.9 Å². The fourth-order valence-corrected chi connectivity index (χ4v) is 3.45. The first kappa shape index (κ1) is 8.26. The first-order valence-corrected chi connectivity index (χ1v) is 5.38. The number of amidine groups is 1. The van der Waals surface area contributed by atoms with Gasteiger partial charge in [-0.3, -0.25) is 0 Å². The van der Waals surface area contributed by atoms with Gasteiger partial charge in [0.2, 0.25) is 0 Å². The number of hydrogen-bond acceptors (Lipinski definition) is 2. The van der Waals surface area contributed by atoms with Crippen LogP contribution < -0.4 is 11.1 Å². The van der Waals surface area contributed by atoms with Crippen molar-refractivity contribution < 1.29 is 4.79 Å². The summed E-state index contributed by atoms with van der Waals surface area (Å²) in [5, 5.41) is 2.86. The SMILES string of the molecule is NC1=NC(=O)NC1C1CC2CCC1C2. The number of carbonyl (C=O) groups is 1. The Labute approximate surface area is 83.0 Å². The number of hydrogen-bond donors (Lipinski definition) is 2. The molecule has 3 rings (SSSR count). The monoisotopic (exact) mass is 193 g/mol. The lowest BCUT2D eigenvalue weighted by Crippen LogP contribution is -2.44. The normalized spacial score (nSPS) is 45.4. The summed E-state index contributed by atoms with van der Waals surface area (Å²) < 4.78 is 0. The molecule has 2 bridgehead atoms. The van der Waals surface area contributed by atoms with Gasteiger partial charge in [0.25, 0.3) is 0 Å². The van der Waals surface area contributed by atoms with Crippen LogP contribution in [0.1, 0.15) is 25.7 Å². The van der Waals surface area contributed by atoms with Gasteiger partial charge in [-0.05, 0) is 37.0 Å². The number of nitrogens with two attached hydrogens (primary N) is 1. The third kappa shape index (κ3) is 1.06. The Hall–Kier alpha value is -1.06. The Balaban J connectivity index is 1.78. The molecular formula is C10H15N3O. The van der Waals surface area contributed by atoms with Crippen molar-refractivity contribution in [1.29, 1.82) is 0 Å². The van der Waals surface area contributed by atoms with Crippen molar-refractivity contribution in [2.24, 2.45) is 28.5 Å². The molecule has 2 aliphatic carbocycles. The predicted molar refractivity (Wildman–Crippen MR) is 52.9 cm³/mol. The topological polar surface area (TPSA) is 67.5 Å². The van der Waals surface area contributed by atoms with Crippen molar-refractivity contribution >= 4 is 11.9 Å². The van der Waals surface area contributed by atoms with Crippen LogP contribution in [0.3, 0.4) is 0 Å². The highest BCUT2D eigenvalue weighted by Crippen LogP contribution is 2.49. The van der Waals surface area contributed by atoms with E-state index >= 15 is 0 Å². The zero-order valence-electron chi connectivity index (χ0n) is 8.07. The summed E-state index contributed by atoms with van der Waals surface area (Å²) in [5.74, 6) is 2.73. The molecule has 0 aromatic carbocycles. The van der Waals surface area contributed by atoms with E-state index in [2.05, 4.69) is 10.3 Å². The fraction of sp³-hybridized carbons (Fsp3) is 0.800. The average molecular weight is 193 g/mol. The Morgan fingerprint density at radius 3 is 2.71 bits per heavy atom. The van der Waals surface area contributed by atoms with Gasteiger partial charge < -0.3 is 11.1 Å². The smallest absolute Gasteiger partial charge is 0.343 e. The molecule has 14 heavy (non-hydrogen) atoms. The Kier molecular flexibility index (Phi) is 1.60. The van der Waals surface area contributed by atoms with Crippen molar-refractivity contribution in [2.75, 3.05) is 0 Å². The molecule has 3 aliphatic rings. The maximum atomic E-state index is 11.0. The average Bonchev–Trinajstić information content (AvgIpc) is 2.79. The minimum atomic E-state index is -0.254. The number of fused-ring (bicyclic) bond motifs is 2. The molecular weight excluding hydrogens is 178 g/mol. The molecule has 2 saturated carbocycles. The number of nitrogens with zero attached hydrogens (tertiary/aromatic N) is 1. The lowest BCUT2D eigenvalue weighted by atomic mass is 9.83. The Morgan fingerprint density at radius 2 is 2.21 bits per heavy atom. The van der Waals surface area contributed by atoms with Gasteiger partial charge in [0.05, 0.1) is 6.04 Å². The second-order valence-electron chi connectivity index (χ2n) is 4.80. The quantitative estimate of drug-likeness (QED) is 0.649. The highest BCUT2D eigenvalue weighted by Gasteiger charge is 2.45. The van der Waals surface area contributed by atoms with E-state index in [1.54, 1.807) is 0 Å². The fourth-order valence-electron chi connectivity index (χ4n) is 3.45. The zero-order valence-corrected chi connectivity index (χ0v) is 8.07. The van der Waals surface area contributed by atoms with Gasteiger partial charge in [-0.2, -0.15) is 4.99 Å². The number of urea groups is 1. The van der Waals surface area contributed by atoms with Crippen molar-refractivity contribution in [3.8, 4) is 0 Å². The summed E-state index contributed by atoms with van der Waals surface area (Å²) in [7, 11) is 0. The second kappa shape index (κ2) is 2.72. The summed E-state index contributed by atoms with van der Waals surface area (Å²) >= 11 is 0. The first-order chi connectivity index (χ1) is 6.74. The number of carbonyl (C=O) groups excluding carboxylic acids is 1. The Morgan fingerprint density at radius 1 is 1.36 bits per heavy atom. The molecule has 0 aromatic heterocycles. The molecule has 0 spiro atoms. The largest absolute Gasteiger partial charge is 0.385 e. The minimum Gasteiger partial charge on any atom is -0.385 e. The van der Waals surface area contributed by atoms with Crippen molar-refractivity contribution in [1.82, 2.24) is 5.32 Å². The maximum absolute atomic E-state index is 11.0. The lowest BCUT2D eigenvalue weighted by molar-refractivity contribution is 0.241. The highest BCUT2D eigenvalue weighted by atomic mass is 16.2. The van der Waals surface area contributed by atoms with Gasteiger partial charge in [0.15, 0.2) is 0 Å². The summed E-state index contributed by atoms with van der Waals surface area (Å²) in [6.07, 6.45) is 5.25. The molecule has 76 valence electrons. The third-order valence-corrected chi connectivity index (χ3v) is 4.05. The molecule has 2 amide bonds. The summed E-state index contributed by atoms with van der Waals surface area (Å²) in [6.45, 7) is 0. The van der Waals surface area contributed by atoms with Crippen LogP contribution in [0.15, 0.2) is 4.99 Å². The van der Waals surface area contributed by atoms with Crippen molar-refractivity contribution in [3.63, 3.8) is 0 Å². The Bertz CT molecular complexity index is 312. The van der Waals surface area contributed by atoms with Crippen LogP contribution in [0.4, 0.5) is 4.79 Å². The van der Waals surface area contributed by atoms with Gasteiger partial charge >= 0.3 is 6.03 Å². The molecule has 0 radical (unpaired) electrons. The van der Waals surface area contributed by atoms with Gasteiger partial charge in [0, 0.05) is 0 Å². The van der Waals surface area contributed by atoms with Crippen LogP contribution in [0.2, 0.25) is 0 Å². The summed E-state index contributed by atoms with van der Waals surface area (Å²) in [5.41, 5.74) is 5.75. The van der Waals surface area contributed by atoms with E-state index in [4.69, 9.17) is 5.73 Å². The van der Waals surface area contributed by atoms with E-state index in [9.17, 15) is 4.79 Å². The van der Waals surface area contributed by atoms with Crippen LogP contribution in [0.5, 0.6) is 0 Å². The van der Waals surface area contributed by atoms with Gasteiger partial charge in [-0.15, -0.1) is 0 Å². The van der Waals surface area contributed by atoms with E-state index in [1.807, 2.05) is 0 Å². The van der Waals surface area contributed by atoms with E-state index in [0.29, 0.717) is 11.8 Å². The molecule has 1 aliphatic heterocycles. The molecule has 0 saturated heterocycles. The molecule has 4 heteroatoms. The lowest BCUT2D eigenvalue weighted by Gasteiger charge is -2.27. The van der Waals surface area contributed by atoms with E-state index < -0.39 is 0 Å². The predicted octanol–water partition coefficient (Wildman–Crippen LogP) is 0.872. The van der Waals surface area contributed by atoms with E-state index in [0.717, 1.165) is 11.8 Å². The number of rotatable bonds is 1. The maximum Gasteiger partial charge on any atom is 0.343 e. The van der Waals surface area contributed by atoms with Crippen LogP contribution in [-0.2, 0) is 0 Å². The van der Waals surface area contributed by atoms with Crippen LogP contribution >= 0.6 is 0 Å². The van der Waals surface area contributed by atoms with E-state index in [1.165, 1.54) is 25.7 Å². The van der Waals surface area contributed by atoms with Crippen LogP contribution in [0.25, 0.3) is 0 Å².